The van der Waals surface area contributed by atoms with Gasteiger partial charge in [0.1, 0.15) is 5.60 Å². The van der Waals surface area contributed by atoms with Crippen molar-refractivity contribution in [1.82, 2.24) is 0 Å². The summed E-state index contributed by atoms with van der Waals surface area (Å²) in [5.41, 5.74) is 1.27. The fraction of sp³-hybridized carbons (Fsp3) is 0.533. The van der Waals surface area contributed by atoms with Gasteiger partial charge in [-0.1, -0.05) is 45.0 Å². The summed E-state index contributed by atoms with van der Waals surface area (Å²) < 4.78 is 5.20. The molecular weight excluding hydrogens is 212 g/mol. The third-order valence-electron chi connectivity index (χ3n) is 3.07. The second-order valence-electron chi connectivity index (χ2n) is 5.87. The molecule has 0 aliphatic carbocycles. The van der Waals surface area contributed by atoms with Crippen LogP contribution in [0.15, 0.2) is 24.3 Å². The molecular formula is C15H22O2. The second kappa shape index (κ2) is 4.61. The Morgan fingerprint density at radius 2 is 1.47 bits per heavy atom. The quantitative estimate of drug-likeness (QED) is 0.747. The number of carbonyl (C=O) groups is 1. The van der Waals surface area contributed by atoms with E-state index in [1.807, 2.05) is 24.3 Å². The van der Waals surface area contributed by atoms with Crippen LogP contribution in [0.2, 0.25) is 0 Å². The molecule has 1 aromatic rings. The van der Waals surface area contributed by atoms with Crippen LogP contribution in [0.5, 0.6) is 0 Å². The summed E-state index contributed by atoms with van der Waals surface area (Å²) in [7, 11) is 1.56. The Hall–Kier alpha value is -1.15. The third kappa shape index (κ3) is 3.16. The topological polar surface area (TPSA) is 26.3 Å². The van der Waals surface area contributed by atoms with Crippen molar-refractivity contribution in [1.29, 1.82) is 0 Å². The average molecular weight is 234 g/mol. The molecule has 0 aliphatic heterocycles. The van der Waals surface area contributed by atoms with Crippen molar-refractivity contribution in [3.05, 3.63) is 35.4 Å². The number of ketones is 1. The molecule has 0 unspecified atom stereocenters. The van der Waals surface area contributed by atoms with E-state index in [0.717, 1.165) is 0 Å². The number of methoxy groups -OCH3 is 1. The lowest BCUT2D eigenvalue weighted by atomic mass is 9.85. The molecule has 0 aromatic heterocycles. The van der Waals surface area contributed by atoms with Crippen molar-refractivity contribution < 1.29 is 9.53 Å². The van der Waals surface area contributed by atoms with Gasteiger partial charge in [0.25, 0.3) is 0 Å². The van der Waals surface area contributed by atoms with E-state index in [4.69, 9.17) is 4.74 Å². The number of rotatable bonds is 3. The molecule has 0 bridgehead atoms. The average Bonchev–Trinajstić information content (AvgIpc) is 2.27. The smallest absolute Gasteiger partial charge is 0.194 e. The third-order valence-corrected chi connectivity index (χ3v) is 3.07. The van der Waals surface area contributed by atoms with E-state index >= 15 is 0 Å². The molecule has 0 spiro atoms. The Morgan fingerprint density at radius 3 is 1.82 bits per heavy atom. The number of hydrogen-bond donors (Lipinski definition) is 0. The minimum atomic E-state index is -0.761. The van der Waals surface area contributed by atoms with E-state index in [2.05, 4.69) is 20.8 Å². The van der Waals surface area contributed by atoms with Gasteiger partial charge in [-0.15, -0.1) is 0 Å². The summed E-state index contributed by atoms with van der Waals surface area (Å²) in [6, 6.07) is 7.78. The summed E-state index contributed by atoms with van der Waals surface area (Å²) in [5, 5.41) is 0. The van der Waals surface area contributed by atoms with Crippen LogP contribution >= 0.6 is 0 Å². The van der Waals surface area contributed by atoms with Gasteiger partial charge in [-0.25, -0.2) is 0 Å². The van der Waals surface area contributed by atoms with E-state index in [-0.39, 0.29) is 11.2 Å². The number of ether oxygens (including phenoxy) is 1. The highest BCUT2D eigenvalue weighted by Gasteiger charge is 2.28. The first kappa shape index (κ1) is 13.9. The molecule has 0 atom stereocenters. The van der Waals surface area contributed by atoms with Gasteiger partial charge in [0.2, 0.25) is 0 Å². The molecule has 0 saturated heterocycles. The fourth-order valence-electron chi connectivity index (χ4n) is 1.56. The molecule has 17 heavy (non-hydrogen) atoms. The van der Waals surface area contributed by atoms with Crippen molar-refractivity contribution >= 4 is 5.78 Å². The van der Waals surface area contributed by atoms with Crippen LogP contribution in [0.1, 0.15) is 50.5 Å². The summed E-state index contributed by atoms with van der Waals surface area (Å²) in [5.74, 6) is 0.0143. The summed E-state index contributed by atoms with van der Waals surface area (Å²) in [6.45, 7) is 10.0. The van der Waals surface area contributed by atoms with Gasteiger partial charge in [0, 0.05) is 12.7 Å². The Kier molecular flexibility index (Phi) is 3.78. The fourth-order valence-corrected chi connectivity index (χ4v) is 1.56. The van der Waals surface area contributed by atoms with E-state index in [0.29, 0.717) is 5.56 Å². The predicted molar refractivity (Wildman–Crippen MR) is 70.6 cm³/mol. The van der Waals surface area contributed by atoms with Crippen LogP contribution in [0, 0.1) is 0 Å². The summed E-state index contributed by atoms with van der Waals surface area (Å²) >= 11 is 0. The lowest BCUT2D eigenvalue weighted by Crippen LogP contribution is -2.33. The van der Waals surface area contributed by atoms with Gasteiger partial charge in [0.05, 0.1) is 0 Å². The standard InChI is InChI=1S/C15H22O2/c1-14(2,3)12-9-7-11(8-10-12)13(16)15(4,5)17-6/h7-10H,1-6H3. The van der Waals surface area contributed by atoms with Crippen molar-refractivity contribution in [2.75, 3.05) is 7.11 Å². The maximum absolute atomic E-state index is 12.1. The Morgan fingerprint density at radius 1 is 1.00 bits per heavy atom. The van der Waals surface area contributed by atoms with Crippen LogP contribution < -0.4 is 0 Å². The monoisotopic (exact) mass is 234 g/mol. The molecule has 94 valence electrons. The molecule has 0 amide bonds. The van der Waals surface area contributed by atoms with Gasteiger partial charge in [-0.05, 0) is 24.8 Å². The molecule has 0 saturated carbocycles. The Bertz CT molecular complexity index is 394. The van der Waals surface area contributed by atoms with Gasteiger partial charge in [0.15, 0.2) is 5.78 Å². The maximum atomic E-state index is 12.1. The molecule has 0 radical (unpaired) electrons. The van der Waals surface area contributed by atoms with Crippen LogP contribution in [-0.4, -0.2) is 18.5 Å². The zero-order valence-corrected chi connectivity index (χ0v) is 11.6. The van der Waals surface area contributed by atoms with Crippen molar-refractivity contribution in [3.63, 3.8) is 0 Å². The first-order valence-corrected chi connectivity index (χ1v) is 5.89. The molecule has 2 heteroatoms. The molecule has 0 fully saturated rings. The van der Waals surface area contributed by atoms with Crippen molar-refractivity contribution in [3.8, 4) is 0 Å². The highest BCUT2D eigenvalue weighted by Crippen LogP contribution is 2.23. The lowest BCUT2D eigenvalue weighted by molar-refractivity contribution is 0.0228. The SMILES string of the molecule is COC(C)(C)C(=O)c1ccc(C(C)(C)C)cc1. The predicted octanol–water partition coefficient (Wildman–Crippen LogP) is 3.59. The number of carbonyl (C=O) groups excluding carboxylic acids is 1. The van der Waals surface area contributed by atoms with E-state index in [1.54, 1.807) is 21.0 Å². The van der Waals surface area contributed by atoms with E-state index in [9.17, 15) is 4.79 Å². The first-order valence-electron chi connectivity index (χ1n) is 5.89. The van der Waals surface area contributed by atoms with Gasteiger partial charge < -0.3 is 4.74 Å². The summed E-state index contributed by atoms with van der Waals surface area (Å²) in [4.78, 5) is 12.1. The van der Waals surface area contributed by atoms with Crippen LogP contribution in [0.4, 0.5) is 0 Å². The van der Waals surface area contributed by atoms with Crippen molar-refractivity contribution in [2.45, 2.75) is 45.6 Å². The van der Waals surface area contributed by atoms with Crippen LogP contribution in [-0.2, 0) is 10.2 Å². The first-order chi connectivity index (χ1) is 7.68. The normalized spacial score (nSPS) is 12.6. The zero-order valence-electron chi connectivity index (χ0n) is 11.6. The second-order valence-corrected chi connectivity index (χ2v) is 5.87. The largest absolute Gasteiger partial charge is 0.371 e. The van der Waals surface area contributed by atoms with Gasteiger partial charge in [-0.2, -0.15) is 0 Å². The Balaban J connectivity index is 3.00. The number of hydrogen-bond acceptors (Lipinski definition) is 2. The zero-order chi connectivity index (χ0) is 13.3. The molecule has 0 aliphatic rings. The Labute approximate surface area is 104 Å². The van der Waals surface area contributed by atoms with Crippen molar-refractivity contribution in [2.24, 2.45) is 0 Å². The molecule has 0 N–H and O–H groups in total. The van der Waals surface area contributed by atoms with E-state index < -0.39 is 5.60 Å². The van der Waals surface area contributed by atoms with Crippen LogP contribution in [0.3, 0.4) is 0 Å². The minimum absolute atomic E-state index is 0.0143. The lowest BCUT2D eigenvalue weighted by Gasteiger charge is -2.22. The van der Waals surface area contributed by atoms with Crippen LogP contribution in [0.25, 0.3) is 0 Å². The summed E-state index contributed by atoms with van der Waals surface area (Å²) in [6.07, 6.45) is 0. The molecule has 2 nitrogen and oxygen atoms in total. The molecule has 0 heterocycles. The van der Waals surface area contributed by atoms with E-state index in [1.165, 1.54) is 5.56 Å². The molecule has 1 aromatic carbocycles. The number of Topliss-reactive ketones (excluding diaryl/α,β-unsaturated/α-hetero) is 1. The highest BCUT2D eigenvalue weighted by atomic mass is 16.5. The minimum Gasteiger partial charge on any atom is -0.371 e. The molecule has 1 rings (SSSR count). The van der Waals surface area contributed by atoms with Gasteiger partial charge in [-0.3, -0.25) is 4.79 Å². The highest BCUT2D eigenvalue weighted by molar-refractivity contribution is 6.01. The van der Waals surface area contributed by atoms with Gasteiger partial charge >= 0.3 is 0 Å². The maximum Gasteiger partial charge on any atom is 0.194 e. The number of benzene rings is 1.